The lowest BCUT2D eigenvalue weighted by Crippen LogP contribution is -2.51. The normalized spacial score (nSPS) is 15.4. The fraction of sp³-hybridized carbons (Fsp3) is 0.357. The molecule has 0 saturated carbocycles. The molecule has 12 nitrogen and oxygen atoms in total. The van der Waals surface area contributed by atoms with Crippen LogP contribution >= 0.6 is 0 Å². The molecule has 2 aromatic rings. The molecule has 3 rings (SSSR count). The summed E-state index contributed by atoms with van der Waals surface area (Å²) < 4.78 is 5.12. The second-order valence-corrected chi connectivity index (χ2v) is 9.55. The summed E-state index contributed by atoms with van der Waals surface area (Å²) >= 11 is 0. The zero-order chi connectivity index (χ0) is 29.4. The van der Waals surface area contributed by atoms with E-state index in [1.54, 1.807) is 43.3 Å². The van der Waals surface area contributed by atoms with Crippen LogP contribution in [0.3, 0.4) is 0 Å². The summed E-state index contributed by atoms with van der Waals surface area (Å²) in [7, 11) is 1.28. The maximum atomic E-state index is 13.7. The van der Waals surface area contributed by atoms with Gasteiger partial charge in [-0.1, -0.05) is 43.3 Å². The van der Waals surface area contributed by atoms with E-state index in [1.165, 1.54) is 18.2 Å². The summed E-state index contributed by atoms with van der Waals surface area (Å²) in [5, 5.41) is 13.2. The molecule has 12 heteroatoms. The van der Waals surface area contributed by atoms with Crippen molar-refractivity contribution in [1.82, 2.24) is 0 Å². The smallest absolute Gasteiger partial charge is 0.414 e. The molecule has 3 atom stereocenters. The Hall–Kier alpha value is -4.83. The Morgan fingerprint density at radius 2 is 1.85 bits per heavy atom. The van der Waals surface area contributed by atoms with Crippen molar-refractivity contribution >= 4 is 47.6 Å². The standard InChI is InChI=1S/C28H31N5O7/c1-17(2)26(33(28(38)39-4)20-8-6-5-7-9-20)19-12-18(3)13-21(14-19)32(27(37)24-10-11-31-40-24)22(15-25(35)36)23(34)16-30-29/h5-9,11-14,16-17,22,24,26H,10,15H2,1-4H3,(H,35,36)/t22-,24?,26-/m0/s1. The largest absolute Gasteiger partial charge is 0.481 e. The molecule has 1 N–H and O–H groups in total. The third-order valence-electron chi connectivity index (χ3n) is 6.31. The molecule has 0 fully saturated rings. The van der Waals surface area contributed by atoms with Gasteiger partial charge in [-0.15, -0.1) is 0 Å². The SMILES string of the molecule is COC(=O)N(c1ccccc1)[C@H](c1cc(C)cc(N(C(=O)C2CC=NO2)[C@@H](CC(=O)O)C(=O)C=[N+]=[N-])c1)C(C)C. The molecule has 40 heavy (non-hydrogen) atoms. The lowest BCUT2D eigenvalue weighted by atomic mass is 9.91. The molecular weight excluding hydrogens is 518 g/mol. The van der Waals surface area contributed by atoms with Gasteiger partial charge < -0.3 is 20.2 Å². The quantitative estimate of drug-likeness (QED) is 0.253. The van der Waals surface area contributed by atoms with Crippen LogP contribution in [-0.2, 0) is 24.0 Å². The van der Waals surface area contributed by atoms with E-state index < -0.39 is 48.4 Å². The first-order valence-electron chi connectivity index (χ1n) is 12.6. The van der Waals surface area contributed by atoms with Gasteiger partial charge in [0.1, 0.15) is 6.04 Å². The zero-order valence-corrected chi connectivity index (χ0v) is 22.6. The van der Waals surface area contributed by atoms with Crippen molar-refractivity contribution in [3.05, 3.63) is 65.2 Å². The van der Waals surface area contributed by atoms with E-state index in [0.717, 1.165) is 4.90 Å². The minimum atomic E-state index is -1.55. The van der Waals surface area contributed by atoms with Gasteiger partial charge in [-0.3, -0.25) is 24.2 Å². The van der Waals surface area contributed by atoms with Crippen LogP contribution in [0.5, 0.6) is 0 Å². The monoisotopic (exact) mass is 549 g/mol. The maximum absolute atomic E-state index is 13.7. The Balaban J connectivity index is 2.23. The highest BCUT2D eigenvalue weighted by Gasteiger charge is 2.40. The van der Waals surface area contributed by atoms with E-state index in [-0.39, 0.29) is 18.0 Å². The molecule has 1 aliphatic heterocycles. The highest BCUT2D eigenvalue weighted by Crippen LogP contribution is 2.37. The molecule has 0 aliphatic carbocycles. The van der Waals surface area contributed by atoms with Gasteiger partial charge in [-0.05, 0) is 48.2 Å². The number of carbonyl (C=O) groups excluding carboxylic acids is 3. The van der Waals surface area contributed by atoms with Crippen LogP contribution in [0.4, 0.5) is 16.2 Å². The number of amides is 2. The lowest BCUT2D eigenvalue weighted by Gasteiger charge is -2.35. The summed E-state index contributed by atoms with van der Waals surface area (Å²) in [4.78, 5) is 61.9. The third-order valence-corrected chi connectivity index (χ3v) is 6.31. The number of aryl methyl sites for hydroxylation is 1. The predicted molar refractivity (Wildman–Crippen MR) is 146 cm³/mol. The van der Waals surface area contributed by atoms with Crippen LogP contribution in [0.25, 0.3) is 5.53 Å². The predicted octanol–water partition coefficient (Wildman–Crippen LogP) is 3.79. The van der Waals surface area contributed by atoms with Crippen LogP contribution in [0, 0.1) is 12.8 Å². The maximum Gasteiger partial charge on any atom is 0.414 e. The van der Waals surface area contributed by atoms with Gasteiger partial charge in [-0.2, -0.15) is 4.79 Å². The molecule has 1 aliphatic rings. The number of anilines is 2. The fourth-order valence-electron chi connectivity index (χ4n) is 4.69. The van der Waals surface area contributed by atoms with E-state index >= 15 is 0 Å². The number of rotatable bonds is 11. The number of nitrogens with zero attached hydrogens (tertiary/aromatic N) is 5. The number of carboxylic acids is 1. The number of methoxy groups -OCH3 is 1. The van der Waals surface area contributed by atoms with Gasteiger partial charge in [0.15, 0.2) is 0 Å². The Morgan fingerprint density at radius 1 is 1.15 bits per heavy atom. The van der Waals surface area contributed by atoms with Crippen molar-refractivity contribution in [3.8, 4) is 0 Å². The number of carboxylic acid groups (broad SMARTS) is 1. The summed E-state index contributed by atoms with van der Waals surface area (Å²) in [6.45, 7) is 5.62. The van der Waals surface area contributed by atoms with Crippen molar-refractivity contribution in [2.45, 2.75) is 51.8 Å². The first kappa shape index (κ1) is 29.7. The molecule has 1 unspecified atom stereocenters. The van der Waals surface area contributed by atoms with Crippen molar-refractivity contribution in [1.29, 1.82) is 0 Å². The van der Waals surface area contributed by atoms with Crippen LogP contribution < -0.4 is 9.80 Å². The number of benzene rings is 2. The first-order chi connectivity index (χ1) is 19.1. The topological polar surface area (TPSA) is 162 Å². The first-order valence-corrected chi connectivity index (χ1v) is 12.6. The van der Waals surface area contributed by atoms with Crippen molar-refractivity contribution < 1.29 is 38.6 Å². The van der Waals surface area contributed by atoms with Crippen molar-refractivity contribution in [3.63, 3.8) is 0 Å². The molecule has 2 amide bonds. The fourth-order valence-corrected chi connectivity index (χ4v) is 4.69. The minimum Gasteiger partial charge on any atom is -0.481 e. The van der Waals surface area contributed by atoms with Crippen molar-refractivity contribution in [2.75, 3.05) is 16.9 Å². The Bertz CT molecular complexity index is 1330. The summed E-state index contributed by atoms with van der Waals surface area (Å²) in [5.74, 6) is -3.10. The molecule has 0 saturated heterocycles. The van der Waals surface area contributed by atoms with Gasteiger partial charge in [0.25, 0.3) is 11.7 Å². The van der Waals surface area contributed by atoms with E-state index in [2.05, 4.69) is 9.95 Å². The van der Waals surface area contributed by atoms with E-state index in [1.807, 2.05) is 26.0 Å². The lowest BCUT2D eigenvalue weighted by molar-refractivity contribution is -0.139. The van der Waals surface area contributed by atoms with Gasteiger partial charge in [0.05, 0.1) is 19.6 Å². The van der Waals surface area contributed by atoms with E-state index in [4.69, 9.17) is 15.1 Å². The number of ketones is 1. The van der Waals surface area contributed by atoms with Crippen LogP contribution in [0.2, 0.25) is 0 Å². The molecule has 210 valence electrons. The number of aliphatic carboxylic acids is 1. The molecule has 0 spiro atoms. The third kappa shape index (κ3) is 6.78. The number of carbonyl (C=O) groups is 4. The van der Waals surface area contributed by atoms with Crippen LogP contribution in [0.15, 0.2) is 53.7 Å². The molecule has 0 radical (unpaired) electrons. The molecule has 0 aromatic heterocycles. The highest BCUT2D eigenvalue weighted by molar-refractivity contribution is 6.30. The van der Waals surface area contributed by atoms with E-state index in [0.29, 0.717) is 23.0 Å². The van der Waals surface area contributed by atoms with Crippen LogP contribution in [-0.4, -0.2) is 65.3 Å². The Morgan fingerprint density at radius 3 is 2.40 bits per heavy atom. The molecular formula is C28H31N5O7. The number of para-hydroxylation sites is 1. The van der Waals surface area contributed by atoms with Gasteiger partial charge >= 0.3 is 18.3 Å². The minimum absolute atomic E-state index is 0.120. The number of Topliss-reactive ketones (excluding diaryl/α,β-unsaturated/α-hetero) is 1. The zero-order valence-electron chi connectivity index (χ0n) is 22.6. The number of hydrogen-bond donors (Lipinski definition) is 1. The van der Waals surface area contributed by atoms with Crippen LogP contribution in [0.1, 0.15) is 43.9 Å². The molecule has 2 aromatic carbocycles. The van der Waals surface area contributed by atoms with Gasteiger partial charge in [0, 0.05) is 24.0 Å². The number of hydrogen-bond acceptors (Lipinski definition) is 7. The Labute approximate surface area is 231 Å². The average Bonchev–Trinajstić information content (AvgIpc) is 3.46. The van der Waals surface area contributed by atoms with Gasteiger partial charge in [-0.25, -0.2) is 4.79 Å². The summed E-state index contributed by atoms with van der Waals surface area (Å²) in [5.41, 5.74) is 11.1. The number of oxime groups is 1. The number of ether oxygens (including phenoxy) is 1. The van der Waals surface area contributed by atoms with Gasteiger partial charge in [0.2, 0.25) is 6.10 Å². The molecule has 1 heterocycles. The van der Waals surface area contributed by atoms with Crippen molar-refractivity contribution in [2.24, 2.45) is 11.1 Å². The van der Waals surface area contributed by atoms with E-state index in [9.17, 15) is 24.3 Å². The average molecular weight is 550 g/mol. The summed E-state index contributed by atoms with van der Waals surface area (Å²) in [6, 6.07) is 11.9. The molecule has 0 bridgehead atoms. The second-order valence-electron chi connectivity index (χ2n) is 9.55. The Kier molecular flexibility index (Phi) is 9.88. The highest BCUT2D eigenvalue weighted by atomic mass is 16.6. The summed E-state index contributed by atoms with van der Waals surface area (Å²) in [6.07, 6.45) is -0.378. The second kappa shape index (κ2) is 13.3.